The molecule has 0 radical (unpaired) electrons. The fourth-order valence-electron chi connectivity index (χ4n) is 2.79. The van der Waals surface area contributed by atoms with Gasteiger partial charge in [0.05, 0.1) is 6.26 Å². The number of hydrogen-bond donors (Lipinski definition) is 1. The molecule has 2 nitrogen and oxygen atoms in total. The van der Waals surface area contributed by atoms with Gasteiger partial charge in [0.25, 0.3) is 0 Å². The molecule has 0 aromatic carbocycles. The molecule has 96 valence electrons. The molecule has 2 aromatic heterocycles. The molecule has 0 fully saturated rings. The van der Waals surface area contributed by atoms with E-state index in [4.69, 9.17) is 4.42 Å². The van der Waals surface area contributed by atoms with Gasteiger partial charge in [-0.05, 0) is 55.3 Å². The molecule has 0 aliphatic heterocycles. The number of nitrogens with one attached hydrogen (secondary N) is 1. The number of rotatable bonds is 4. The minimum atomic E-state index is 0.451. The van der Waals surface area contributed by atoms with Crippen molar-refractivity contribution in [3.63, 3.8) is 0 Å². The fourth-order valence-corrected chi connectivity index (χ4v) is 3.78. The summed E-state index contributed by atoms with van der Waals surface area (Å²) in [4.78, 5) is 1.57. The molecule has 2 heterocycles. The van der Waals surface area contributed by atoms with E-state index < -0.39 is 0 Å². The third kappa shape index (κ3) is 2.52. The second-order valence-corrected chi connectivity index (χ2v) is 6.10. The van der Waals surface area contributed by atoms with Crippen molar-refractivity contribution < 1.29 is 4.42 Å². The first-order valence-corrected chi connectivity index (χ1v) is 7.55. The lowest BCUT2D eigenvalue weighted by atomic mass is 9.93. The Balaban J connectivity index is 1.64. The molecule has 0 bridgehead atoms. The van der Waals surface area contributed by atoms with Crippen LogP contribution in [0.15, 0.2) is 34.3 Å². The highest BCUT2D eigenvalue weighted by Gasteiger charge is 2.22. The van der Waals surface area contributed by atoms with Gasteiger partial charge in [-0.2, -0.15) is 0 Å². The Morgan fingerprint density at radius 2 is 2.44 bits per heavy atom. The summed E-state index contributed by atoms with van der Waals surface area (Å²) in [6.45, 7) is 2.24. The predicted molar refractivity (Wildman–Crippen MR) is 75.0 cm³/mol. The van der Waals surface area contributed by atoms with Crippen molar-refractivity contribution in [2.24, 2.45) is 0 Å². The molecular formula is C15H19NOS. The average molecular weight is 261 g/mol. The van der Waals surface area contributed by atoms with Crippen LogP contribution >= 0.6 is 11.3 Å². The quantitative estimate of drug-likeness (QED) is 0.902. The van der Waals surface area contributed by atoms with Crippen LogP contribution in [-0.2, 0) is 12.8 Å². The van der Waals surface area contributed by atoms with Gasteiger partial charge in [0.15, 0.2) is 0 Å². The summed E-state index contributed by atoms with van der Waals surface area (Å²) < 4.78 is 5.41. The first-order chi connectivity index (χ1) is 8.83. The molecule has 2 unspecified atom stereocenters. The second-order valence-electron chi connectivity index (χ2n) is 5.10. The van der Waals surface area contributed by atoms with E-state index >= 15 is 0 Å². The summed E-state index contributed by atoms with van der Waals surface area (Å²) in [5.74, 6) is 1.07. The van der Waals surface area contributed by atoms with E-state index in [1.54, 1.807) is 11.1 Å². The van der Waals surface area contributed by atoms with Gasteiger partial charge in [-0.3, -0.25) is 0 Å². The van der Waals surface area contributed by atoms with E-state index in [1.165, 1.54) is 24.8 Å². The summed E-state index contributed by atoms with van der Waals surface area (Å²) in [7, 11) is 0. The van der Waals surface area contributed by atoms with Crippen molar-refractivity contribution in [2.75, 3.05) is 0 Å². The molecule has 0 saturated carbocycles. The maximum Gasteiger partial charge on any atom is 0.105 e. The van der Waals surface area contributed by atoms with Crippen LogP contribution < -0.4 is 5.32 Å². The normalized spacial score (nSPS) is 20.6. The van der Waals surface area contributed by atoms with Crippen LogP contribution in [-0.4, -0.2) is 6.04 Å². The molecule has 3 heteroatoms. The molecule has 18 heavy (non-hydrogen) atoms. The van der Waals surface area contributed by atoms with Gasteiger partial charge in [0.2, 0.25) is 0 Å². The Morgan fingerprint density at radius 1 is 1.50 bits per heavy atom. The lowest BCUT2D eigenvalue weighted by molar-refractivity contribution is 0.388. The molecule has 0 amide bonds. The highest BCUT2D eigenvalue weighted by molar-refractivity contribution is 7.10. The van der Waals surface area contributed by atoms with E-state index in [1.807, 2.05) is 17.4 Å². The highest BCUT2D eigenvalue weighted by Crippen LogP contribution is 2.33. The van der Waals surface area contributed by atoms with Crippen LogP contribution in [0, 0.1) is 0 Å². The first-order valence-electron chi connectivity index (χ1n) is 6.67. The molecule has 2 atom stereocenters. The first kappa shape index (κ1) is 12.0. The van der Waals surface area contributed by atoms with Crippen LogP contribution in [0.4, 0.5) is 0 Å². The van der Waals surface area contributed by atoms with Gasteiger partial charge >= 0.3 is 0 Å². The van der Waals surface area contributed by atoms with Gasteiger partial charge in [-0.1, -0.05) is 0 Å². The van der Waals surface area contributed by atoms with Crippen LogP contribution in [0.5, 0.6) is 0 Å². The Bertz CT molecular complexity index is 488. The van der Waals surface area contributed by atoms with Gasteiger partial charge in [-0.15, -0.1) is 11.3 Å². The van der Waals surface area contributed by atoms with Gasteiger partial charge in [0, 0.05) is 23.4 Å². The smallest absolute Gasteiger partial charge is 0.105 e. The van der Waals surface area contributed by atoms with Gasteiger partial charge in [-0.25, -0.2) is 0 Å². The largest absolute Gasteiger partial charge is 0.469 e. The zero-order valence-electron chi connectivity index (χ0n) is 10.7. The summed E-state index contributed by atoms with van der Waals surface area (Å²) >= 11 is 1.90. The van der Waals surface area contributed by atoms with Gasteiger partial charge < -0.3 is 9.73 Å². The summed E-state index contributed by atoms with van der Waals surface area (Å²) in [5, 5.41) is 5.97. The van der Waals surface area contributed by atoms with Crippen LogP contribution in [0.3, 0.4) is 0 Å². The van der Waals surface area contributed by atoms with Crippen molar-refractivity contribution in [1.29, 1.82) is 0 Å². The lowest BCUT2D eigenvalue weighted by Crippen LogP contribution is -2.33. The minimum absolute atomic E-state index is 0.451. The van der Waals surface area contributed by atoms with Crippen molar-refractivity contribution in [3.8, 4) is 0 Å². The number of thiophene rings is 1. The second kappa shape index (κ2) is 5.29. The van der Waals surface area contributed by atoms with Crippen molar-refractivity contribution >= 4 is 11.3 Å². The monoisotopic (exact) mass is 261 g/mol. The summed E-state index contributed by atoms with van der Waals surface area (Å²) in [5.41, 5.74) is 1.53. The van der Waals surface area contributed by atoms with E-state index in [0.29, 0.717) is 12.1 Å². The molecule has 1 aliphatic carbocycles. The third-order valence-electron chi connectivity index (χ3n) is 3.63. The Morgan fingerprint density at radius 3 is 3.28 bits per heavy atom. The molecular weight excluding hydrogens is 242 g/mol. The standard InChI is InChI=1S/C15H19NOS/c1-11(10-12-4-3-8-17-12)16-14-5-2-6-15-13(14)7-9-18-15/h3-4,7-9,11,14,16H,2,5-6,10H2,1H3. The molecule has 1 aliphatic rings. The topological polar surface area (TPSA) is 25.2 Å². The average Bonchev–Trinajstić information content (AvgIpc) is 2.99. The van der Waals surface area contributed by atoms with Crippen LogP contribution in [0.1, 0.15) is 42.0 Å². The fraction of sp³-hybridized carbons (Fsp3) is 0.467. The number of aryl methyl sites for hydroxylation is 1. The molecule has 3 rings (SSSR count). The maximum absolute atomic E-state index is 5.41. The van der Waals surface area contributed by atoms with E-state index in [9.17, 15) is 0 Å². The van der Waals surface area contributed by atoms with Crippen molar-refractivity contribution in [1.82, 2.24) is 5.32 Å². The number of hydrogen-bond acceptors (Lipinski definition) is 3. The van der Waals surface area contributed by atoms with Crippen LogP contribution in [0.25, 0.3) is 0 Å². The van der Waals surface area contributed by atoms with Gasteiger partial charge in [0.1, 0.15) is 5.76 Å². The minimum Gasteiger partial charge on any atom is -0.469 e. The Labute approximate surface area is 112 Å². The van der Waals surface area contributed by atoms with Crippen molar-refractivity contribution in [3.05, 3.63) is 46.0 Å². The zero-order chi connectivity index (χ0) is 12.4. The lowest BCUT2D eigenvalue weighted by Gasteiger charge is -2.27. The predicted octanol–water partition coefficient (Wildman–Crippen LogP) is 3.94. The Hall–Kier alpha value is -1.06. The Kier molecular flexibility index (Phi) is 3.52. The molecule has 0 saturated heterocycles. The molecule has 1 N–H and O–H groups in total. The van der Waals surface area contributed by atoms with Crippen molar-refractivity contribution in [2.45, 2.75) is 44.7 Å². The van der Waals surface area contributed by atoms with E-state index in [0.717, 1.165) is 12.2 Å². The van der Waals surface area contributed by atoms with E-state index in [2.05, 4.69) is 29.8 Å². The van der Waals surface area contributed by atoms with E-state index in [-0.39, 0.29) is 0 Å². The third-order valence-corrected chi connectivity index (χ3v) is 4.62. The summed E-state index contributed by atoms with van der Waals surface area (Å²) in [6, 6.07) is 7.28. The summed E-state index contributed by atoms with van der Waals surface area (Å²) in [6.07, 6.45) is 6.53. The maximum atomic E-state index is 5.41. The number of furan rings is 1. The highest BCUT2D eigenvalue weighted by atomic mass is 32.1. The zero-order valence-corrected chi connectivity index (χ0v) is 11.5. The SMILES string of the molecule is CC(Cc1ccco1)NC1CCCc2sccc21. The van der Waals surface area contributed by atoms with Crippen LogP contribution in [0.2, 0.25) is 0 Å². The number of fused-ring (bicyclic) bond motifs is 1. The molecule has 2 aromatic rings. The molecule has 0 spiro atoms.